The number of hydrogen-bond donors (Lipinski definition) is 1. The van der Waals surface area contributed by atoms with Crippen LogP contribution in [-0.4, -0.2) is 54.5 Å². The Morgan fingerprint density at radius 1 is 1.00 bits per heavy atom. The number of amides is 2. The number of esters is 1. The maximum absolute atomic E-state index is 13.4. The summed E-state index contributed by atoms with van der Waals surface area (Å²) in [6.45, 7) is 0. The molecule has 0 atom stereocenters. The number of alkyl halides is 6. The predicted molar refractivity (Wildman–Crippen MR) is 114 cm³/mol. The minimum atomic E-state index is -6.47. The molecule has 0 saturated heterocycles. The first-order valence-electron chi connectivity index (χ1n) is 9.62. The maximum atomic E-state index is 13.4. The first-order valence-corrected chi connectivity index (χ1v) is 12.3. The molecule has 1 aromatic carbocycles. The van der Waals surface area contributed by atoms with Crippen LogP contribution in [0.5, 0.6) is 0 Å². The minimum absolute atomic E-state index is 0.0776. The Labute approximate surface area is 207 Å². The summed E-state index contributed by atoms with van der Waals surface area (Å²) in [5, 5.41) is 0. The zero-order valence-electron chi connectivity index (χ0n) is 17.2. The van der Waals surface area contributed by atoms with Gasteiger partial charge in [0.1, 0.15) is 5.75 Å². The van der Waals surface area contributed by atoms with E-state index >= 15 is 0 Å². The van der Waals surface area contributed by atoms with E-state index in [1.54, 1.807) is 0 Å². The zero-order chi connectivity index (χ0) is 26.6. The highest BCUT2D eigenvalue weighted by Gasteiger charge is 2.76. The van der Waals surface area contributed by atoms with Gasteiger partial charge >= 0.3 is 23.9 Å². The van der Waals surface area contributed by atoms with Gasteiger partial charge in [0, 0.05) is 14.7 Å². The summed E-state index contributed by atoms with van der Waals surface area (Å²) < 4.78 is 115. The van der Waals surface area contributed by atoms with Gasteiger partial charge in [-0.3, -0.25) is 14.1 Å². The third-order valence-corrected chi connectivity index (χ3v) is 7.05. The van der Waals surface area contributed by atoms with E-state index in [4.69, 9.17) is 4.55 Å². The molecular formula is C19H14F6INO7S. The summed E-state index contributed by atoms with van der Waals surface area (Å²) in [5.74, 6) is -6.44. The average molecular weight is 641 g/mol. The molecule has 35 heavy (non-hydrogen) atoms. The molecule has 1 aromatic rings. The van der Waals surface area contributed by atoms with Crippen molar-refractivity contribution >= 4 is 56.2 Å². The summed E-state index contributed by atoms with van der Waals surface area (Å²) in [5.41, 5.74) is -5.82. The molecule has 0 unspecified atom stereocenters. The summed E-state index contributed by atoms with van der Waals surface area (Å²) in [4.78, 5) is 38.4. The van der Waals surface area contributed by atoms with Crippen molar-refractivity contribution in [3.05, 3.63) is 38.5 Å². The lowest BCUT2D eigenvalue weighted by atomic mass is 9.93. The van der Waals surface area contributed by atoms with E-state index in [0.29, 0.717) is 36.8 Å². The normalized spacial score (nSPS) is 17.7. The second-order valence-corrected chi connectivity index (χ2v) is 10.3. The lowest BCUT2D eigenvalue weighted by Crippen LogP contribution is -2.63. The fraction of sp³-hybridized carbons (Fsp3) is 0.421. The van der Waals surface area contributed by atoms with E-state index in [2.05, 4.69) is 4.74 Å². The Kier molecular flexibility index (Phi) is 7.06. The molecule has 1 aliphatic heterocycles. The van der Waals surface area contributed by atoms with Crippen molar-refractivity contribution in [2.24, 2.45) is 0 Å². The van der Waals surface area contributed by atoms with Crippen LogP contribution in [0.25, 0.3) is 0 Å². The SMILES string of the molecule is O=C(OC(CS(=O)(=O)O)(C(F)(F)F)C(F)(F)F)c1ccc(N2C(=O)C3=C(CCCC3)C2=O)cc1I. The van der Waals surface area contributed by atoms with E-state index in [0.717, 1.165) is 23.1 Å². The Morgan fingerprint density at radius 2 is 1.49 bits per heavy atom. The van der Waals surface area contributed by atoms with Crippen LogP contribution in [0, 0.1) is 3.57 Å². The van der Waals surface area contributed by atoms with Gasteiger partial charge in [0.15, 0.2) is 0 Å². The van der Waals surface area contributed by atoms with E-state index in [1.165, 1.54) is 22.6 Å². The van der Waals surface area contributed by atoms with Crippen LogP contribution in [0.1, 0.15) is 36.0 Å². The van der Waals surface area contributed by atoms with E-state index in [9.17, 15) is 49.1 Å². The zero-order valence-corrected chi connectivity index (χ0v) is 20.1. The number of carbonyl (C=O) groups excluding carboxylic acids is 3. The van der Waals surface area contributed by atoms with Gasteiger partial charge in [-0.25, -0.2) is 9.69 Å². The van der Waals surface area contributed by atoms with Crippen LogP contribution >= 0.6 is 22.6 Å². The summed E-state index contributed by atoms with van der Waals surface area (Å²) in [6.07, 6.45) is -10.8. The van der Waals surface area contributed by atoms with Gasteiger partial charge in [-0.15, -0.1) is 0 Å². The van der Waals surface area contributed by atoms with Gasteiger partial charge in [-0.05, 0) is 66.5 Å². The molecule has 0 radical (unpaired) electrons. The number of carbonyl (C=O) groups is 3. The first kappa shape index (κ1) is 27.4. The molecule has 1 aliphatic carbocycles. The van der Waals surface area contributed by atoms with Crippen molar-refractivity contribution in [3.8, 4) is 0 Å². The average Bonchev–Trinajstić information content (AvgIpc) is 2.95. The molecule has 3 rings (SSSR count). The molecule has 0 fully saturated rings. The molecule has 1 N–H and O–H groups in total. The van der Waals surface area contributed by atoms with Crippen LogP contribution in [0.2, 0.25) is 0 Å². The fourth-order valence-corrected chi connectivity index (χ4v) is 5.34. The van der Waals surface area contributed by atoms with E-state index in [-0.39, 0.29) is 9.26 Å². The third-order valence-electron chi connectivity index (χ3n) is 5.39. The molecule has 16 heteroatoms. The topological polar surface area (TPSA) is 118 Å². The lowest BCUT2D eigenvalue weighted by molar-refractivity contribution is -0.356. The van der Waals surface area contributed by atoms with Crippen molar-refractivity contribution < 1.29 is 58.4 Å². The summed E-state index contributed by atoms with van der Waals surface area (Å²) >= 11 is 1.37. The minimum Gasteiger partial charge on any atom is -0.435 e. The summed E-state index contributed by atoms with van der Waals surface area (Å²) in [7, 11) is -5.93. The van der Waals surface area contributed by atoms with Gasteiger partial charge in [0.2, 0.25) is 0 Å². The maximum Gasteiger partial charge on any atom is 0.438 e. The molecule has 0 aromatic heterocycles. The molecule has 2 aliphatic rings. The van der Waals surface area contributed by atoms with Crippen molar-refractivity contribution in [1.29, 1.82) is 0 Å². The molecule has 0 saturated carbocycles. The molecule has 0 spiro atoms. The van der Waals surface area contributed by atoms with Crippen LogP contribution in [-0.2, 0) is 24.4 Å². The second-order valence-electron chi connectivity index (χ2n) is 7.71. The number of anilines is 1. The van der Waals surface area contributed by atoms with E-state index in [1.807, 2.05) is 0 Å². The molecular weight excluding hydrogens is 627 g/mol. The molecule has 1 heterocycles. The van der Waals surface area contributed by atoms with Crippen LogP contribution < -0.4 is 4.90 Å². The Hall–Kier alpha value is -2.21. The monoisotopic (exact) mass is 641 g/mol. The van der Waals surface area contributed by atoms with Gasteiger partial charge in [0.05, 0.1) is 11.3 Å². The van der Waals surface area contributed by atoms with E-state index < -0.39 is 57.2 Å². The van der Waals surface area contributed by atoms with Crippen molar-refractivity contribution in [3.63, 3.8) is 0 Å². The lowest BCUT2D eigenvalue weighted by Gasteiger charge is -2.35. The molecule has 8 nitrogen and oxygen atoms in total. The van der Waals surface area contributed by atoms with Gasteiger partial charge < -0.3 is 4.74 Å². The third kappa shape index (κ3) is 5.04. The molecule has 0 bridgehead atoms. The Bertz CT molecular complexity index is 1200. The highest BCUT2D eigenvalue weighted by atomic mass is 127. The number of hydrogen-bond acceptors (Lipinski definition) is 6. The van der Waals surface area contributed by atoms with Crippen molar-refractivity contribution in [2.45, 2.75) is 43.6 Å². The van der Waals surface area contributed by atoms with Crippen molar-refractivity contribution in [2.75, 3.05) is 10.7 Å². The predicted octanol–water partition coefficient (Wildman–Crippen LogP) is 3.94. The Morgan fingerprint density at radius 3 is 1.89 bits per heavy atom. The van der Waals surface area contributed by atoms with Gasteiger partial charge in [-0.1, -0.05) is 0 Å². The first-order chi connectivity index (χ1) is 15.9. The molecule has 2 amide bonds. The number of ether oxygens (including phenoxy) is 1. The number of benzene rings is 1. The number of imide groups is 1. The highest BCUT2D eigenvalue weighted by Crippen LogP contribution is 2.47. The second kappa shape index (κ2) is 9.02. The number of nitrogens with zero attached hydrogens (tertiary/aromatic N) is 1. The summed E-state index contributed by atoms with van der Waals surface area (Å²) in [6, 6.07) is 2.71. The molecule has 192 valence electrons. The van der Waals surface area contributed by atoms with Gasteiger partial charge in [-0.2, -0.15) is 34.8 Å². The standard InChI is InChI=1S/C19H14F6INO7S/c20-18(21,22)17(19(23,24)25,8-35(31,32)33)34-16(30)12-6-5-9(7-13(12)26)27-14(28)10-3-1-2-4-11(10)15(27)29/h5-7H,1-4,8H2,(H,31,32,33). The van der Waals surface area contributed by atoms with Gasteiger partial charge in [0.25, 0.3) is 21.9 Å². The number of halogens is 7. The highest BCUT2D eigenvalue weighted by molar-refractivity contribution is 14.1. The fourth-order valence-electron chi connectivity index (χ4n) is 3.72. The van der Waals surface area contributed by atoms with Crippen LogP contribution in [0.3, 0.4) is 0 Å². The smallest absolute Gasteiger partial charge is 0.435 e. The van der Waals surface area contributed by atoms with Crippen LogP contribution in [0.15, 0.2) is 29.3 Å². The largest absolute Gasteiger partial charge is 0.438 e. The quantitative estimate of drug-likeness (QED) is 0.170. The van der Waals surface area contributed by atoms with Crippen molar-refractivity contribution in [1.82, 2.24) is 0 Å². The number of rotatable bonds is 5. The Balaban J connectivity index is 1.97. The van der Waals surface area contributed by atoms with Crippen LogP contribution in [0.4, 0.5) is 32.0 Å².